The number of pyridine rings is 2. The number of carbonyl (C=O) groups excluding carboxylic acids is 2. The maximum Gasteiger partial charge on any atom is 0.218 e. The van der Waals surface area contributed by atoms with E-state index in [4.69, 9.17) is 19.4 Å². The van der Waals surface area contributed by atoms with Crippen molar-refractivity contribution in [1.29, 1.82) is 0 Å². The molecule has 4 heterocycles. The van der Waals surface area contributed by atoms with Gasteiger partial charge >= 0.3 is 0 Å². The van der Waals surface area contributed by atoms with E-state index in [0.29, 0.717) is 49.5 Å². The Morgan fingerprint density at radius 3 is 1.26 bits per heavy atom. The van der Waals surface area contributed by atoms with Gasteiger partial charge in [0, 0.05) is 75.4 Å². The minimum Gasteiger partial charge on any atom is -0.471 e. The van der Waals surface area contributed by atoms with Crippen molar-refractivity contribution >= 4 is 11.8 Å². The summed E-state index contributed by atoms with van der Waals surface area (Å²) in [6.45, 7) is 21.2. The van der Waals surface area contributed by atoms with E-state index in [1.165, 1.54) is 49.2 Å². The number of carbonyl (C=O) groups is 2. The molecule has 2 spiro atoms. The van der Waals surface area contributed by atoms with Crippen molar-refractivity contribution < 1.29 is 38.1 Å². The number of rotatable bonds is 16. The summed E-state index contributed by atoms with van der Waals surface area (Å²) < 4.78 is 39.5. The lowest BCUT2D eigenvalue weighted by Crippen LogP contribution is -2.54. The van der Waals surface area contributed by atoms with Crippen LogP contribution in [0.5, 0.6) is 11.8 Å². The largest absolute Gasteiger partial charge is 0.471 e. The van der Waals surface area contributed by atoms with Crippen LogP contribution in [-0.2, 0) is 35.3 Å². The fourth-order valence-corrected chi connectivity index (χ4v) is 11.5. The Morgan fingerprint density at radius 1 is 0.611 bits per heavy atom. The highest BCUT2D eigenvalue weighted by Crippen LogP contribution is 2.52. The summed E-state index contributed by atoms with van der Waals surface area (Å²) in [5, 5.41) is 35.1. The number of fused-ring (bicyclic) bond motifs is 2. The van der Waals surface area contributed by atoms with Crippen molar-refractivity contribution in [1.82, 2.24) is 31.2 Å². The summed E-state index contributed by atoms with van der Waals surface area (Å²) >= 11 is 0. The van der Waals surface area contributed by atoms with Crippen LogP contribution in [0.1, 0.15) is 153 Å². The molecule has 0 saturated heterocycles. The molecular weight excluding hydrogens is 915 g/mol. The molecule has 2 fully saturated rings. The summed E-state index contributed by atoms with van der Waals surface area (Å²) in [5.74, 6) is 1.57. The Labute approximate surface area is 426 Å². The minimum atomic E-state index is -0.827. The van der Waals surface area contributed by atoms with E-state index in [-0.39, 0.29) is 57.6 Å². The zero-order valence-corrected chi connectivity index (χ0v) is 44.2. The van der Waals surface area contributed by atoms with Gasteiger partial charge in [0.1, 0.15) is 22.8 Å². The highest BCUT2D eigenvalue weighted by atomic mass is 19.1. The Balaban J connectivity index is 0.000000211. The van der Waals surface area contributed by atoms with Gasteiger partial charge in [-0.05, 0) is 133 Å². The molecule has 8 rings (SSSR count). The molecule has 392 valence electrons. The van der Waals surface area contributed by atoms with Crippen LogP contribution in [0.4, 0.5) is 8.78 Å². The number of aliphatic hydroxyl groups excluding tert-OH is 2. The molecule has 2 amide bonds. The van der Waals surface area contributed by atoms with Gasteiger partial charge in [-0.15, -0.1) is 0 Å². The van der Waals surface area contributed by atoms with Crippen LogP contribution in [0.25, 0.3) is 0 Å². The number of amides is 2. The molecule has 14 heteroatoms. The van der Waals surface area contributed by atoms with Gasteiger partial charge in [-0.3, -0.25) is 9.59 Å². The molecule has 2 aromatic carbocycles. The van der Waals surface area contributed by atoms with Gasteiger partial charge in [-0.25, -0.2) is 18.7 Å². The second-order valence-electron chi connectivity index (χ2n) is 24.3. The normalized spacial score (nSPS) is 24.9. The molecule has 0 bridgehead atoms. The van der Waals surface area contributed by atoms with Gasteiger partial charge < -0.3 is 41.0 Å². The van der Waals surface area contributed by atoms with Gasteiger partial charge in [0.15, 0.2) is 0 Å². The molecule has 2 aliphatic carbocycles. The topological polar surface area (TPSA) is 167 Å². The van der Waals surface area contributed by atoms with Crippen molar-refractivity contribution in [3.63, 3.8) is 0 Å². The average molecular weight is 995 g/mol. The molecular formula is C58H80F2N6O6. The number of aromatic nitrogens is 2. The first kappa shape index (κ1) is 54.7. The van der Waals surface area contributed by atoms with Gasteiger partial charge in [0.2, 0.25) is 23.6 Å². The third kappa shape index (κ3) is 15.0. The van der Waals surface area contributed by atoms with Crippen LogP contribution in [0.15, 0.2) is 73.1 Å². The van der Waals surface area contributed by atoms with E-state index in [1.54, 1.807) is 24.3 Å². The predicted molar refractivity (Wildman–Crippen MR) is 276 cm³/mol. The van der Waals surface area contributed by atoms with E-state index in [2.05, 4.69) is 88.8 Å². The third-order valence-electron chi connectivity index (χ3n) is 14.3. The second-order valence-corrected chi connectivity index (χ2v) is 24.3. The van der Waals surface area contributed by atoms with E-state index < -0.39 is 24.3 Å². The highest BCUT2D eigenvalue weighted by molar-refractivity contribution is 5.73. The maximum absolute atomic E-state index is 13.3. The van der Waals surface area contributed by atoms with E-state index in [1.807, 2.05) is 12.4 Å². The Morgan fingerprint density at radius 2 is 0.958 bits per heavy atom. The van der Waals surface area contributed by atoms with Crippen LogP contribution in [-0.4, -0.2) is 80.6 Å². The summed E-state index contributed by atoms with van der Waals surface area (Å²) in [4.78, 5) is 33.1. The molecule has 2 aromatic heterocycles. The van der Waals surface area contributed by atoms with E-state index >= 15 is 0 Å². The summed E-state index contributed by atoms with van der Waals surface area (Å²) in [5.41, 5.74) is 5.96. The number of ether oxygens (including phenoxy) is 2. The molecule has 4 aliphatic rings. The second kappa shape index (κ2) is 22.6. The summed E-state index contributed by atoms with van der Waals surface area (Å²) in [6.07, 6.45) is 10.5. The van der Waals surface area contributed by atoms with Crippen LogP contribution in [0, 0.1) is 34.3 Å². The third-order valence-corrected chi connectivity index (χ3v) is 14.3. The fourth-order valence-electron chi connectivity index (χ4n) is 11.5. The fraction of sp³-hybridized carbons (Fsp3) is 0.586. The van der Waals surface area contributed by atoms with Gasteiger partial charge in [-0.1, -0.05) is 79.7 Å². The molecule has 72 heavy (non-hydrogen) atoms. The van der Waals surface area contributed by atoms with E-state index in [0.717, 1.165) is 73.6 Å². The lowest BCUT2D eigenvalue weighted by Gasteiger charge is -2.50. The SMILES string of the molecule is CC(=O)N[C@@H](Cc1ccc(F)cc1)[C@H](O)CN[C@H]1CC2(CC(C)C2)Oc2ncc(CC(C)(C)C)cc21.CC(=O)N[C@@H](Cc1ccc(F)cc1)[C@H](O)CN[C@H]1C[C@]2(C[C@H](C)C2)Oc2ncc(CC(C)(C)C)cc21. The standard InChI is InChI=1S/2C29H40FN3O3/c2*1-18-12-29(13-18)15-25(23-10-21(14-28(3,4)5)16-32-27(23)36-29)31-17-26(35)24(33-19(2)34)11-20-6-8-22(30)9-7-20/h2*6-10,16,18,24-26,31,35H,11-15,17H2,1-5H3,(H,33,34)/t18?,24-,25-,26+,29?;18-,24-,25-,26+,29+/m00/s1. The lowest BCUT2D eigenvalue weighted by atomic mass is 9.67. The molecule has 0 unspecified atom stereocenters. The maximum atomic E-state index is 13.3. The van der Waals surface area contributed by atoms with Crippen LogP contribution in [0.3, 0.4) is 0 Å². The van der Waals surface area contributed by atoms with Crippen molar-refractivity contribution in [2.24, 2.45) is 22.7 Å². The molecule has 6 atom stereocenters. The first-order chi connectivity index (χ1) is 33.8. The van der Waals surface area contributed by atoms with Gasteiger partial charge in [0.05, 0.1) is 24.3 Å². The number of hydrogen-bond acceptors (Lipinski definition) is 10. The number of hydrogen-bond donors (Lipinski definition) is 6. The molecule has 2 saturated carbocycles. The Bertz CT molecular complexity index is 2290. The first-order valence-corrected chi connectivity index (χ1v) is 26.0. The zero-order chi connectivity index (χ0) is 52.2. The van der Waals surface area contributed by atoms with Crippen molar-refractivity contribution in [2.75, 3.05) is 13.1 Å². The summed E-state index contributed by atoms with van der Waals surface area (Å²) in [6, 6.07) is 15.7. The smallest absolute Gasteiger partial charge is 0.218 e. The molecule has 2 aliphatic heterocycles. The number of benzene rings is 2. The highest BCUT2D eigenvalue weighted by Gasteiger charge is 2.51. The van der Waals surface area contributed by atoms with Crippen LogP contribution >= 0.6 is 0 Å². The van der Waals surface area contributed by atoms with Crippen LogP contribution in [0.2, 0.25) is 0 Å². The van der Waals surface area contributed by atoms with Crippen molar-refractivity contribution in [3.8, 4) is 11.8 Å². The minimum absolute atomic E-state index is 0.00730. The molecule has 4 aromatic rings. The predicted octanol–water partition coefficient (Wildman–Crippen LogP) is 9.00. The van der Waals surface area contributed by atoms with Gasteiger partial charge in [0.25, 0.3) is 0 Å². The number of halogens is 2. The summed E-state index contributed by atoms with van der Waals surface area (Å²) in [7, 11) is 0. The Hall–Kier alpha value is -5.02. The lowest BCUT2D eigenvalue weighted by molar-refractivity contribution is -0.121. The van der Waals surface area contributed by atoms with E-state index in [9.17, 15) is 28.6 Å². The molecule has 0 radical (unpaired) electrons. The first-order valence-electron chi connectivity index (χ1n) is 26.0. The monoisotopic (exact) mass is 995 g/mol. The quantitative estimate of drug-likeness (QED) is 0.0638. The van der Waals surface area contributed by atoms with Crippen molar-refractivity contribution in [2.45, 2.75) is 181 Å². The number of nitrogens with zero attached hydrogens (tertiary/aromatic N) is 2. The zero-order valence-electron chi connectivity index (χ0n) is 44.2. The Kier molecular flexibility index (Phi) is 17.2. The molecule has 6 N–H and O–H groups in total. The number of nitrogens with one attached hydrogen (secondary N) is 4. The number of aliphatic hydroxyl groups is 2. The van der Waals surface area contributed by atoms with Crippen molar-refractivity contribution in [3.05, 3.63) is 118 Å². The average Bonchev–Trinajstić information content (AvgIpc) is 3.26. The molecule has 12 nitrogen and oxygen atoms in total. The van der Waals surface area contributed by atoms with Crippen LogP contribution < -0.4 is 30.7 Å². The van der Waals surface area contributed by atoms with Gasteiger partial charge in [-0.2, -0.15) is 0 Å².